The number of hydrogen-bond donors (Lipinski definition) is 1. The van der Waals surface area contributed by atoms with E-state index in [1.807, 2.05) is 91.9 Å². The molecule has 3 aromatic carbocycles. The van der Waals surface area contributed by atoms with Crippen LogP contribution in [0.4, 0.5) is 5.69 Å². The minimum atomic E-state index is -0.233. The van der Waals surface area contributed by atoms with Gasteiger partial charge in [-0.2, -0.15) is 0 Å². The topological polar surface area (TPSA) is 62.6 Å². The number of benzene rings is 3. The van der Waals surface area contributed by atoms with Gasteiger partial charge in [-0.25, -0.2) is 0 Å². The maximum Gasteiger partial charge on any atom is 0.294 e. The summed E-state index contributed by atoms with van der Waals surface area (Å²) in [5.41, 5.74) is 3.59. The Hall–Kier alpha value is -4.12. The maximum absolute atomic E-state index is 13.2. The molecule has 2 amide bonds. The average molecular weight is 439 g/mol. The number of carbonyl (C=O) groups is 2. The number of anilines is 1. The van der Waals surface area contributed by atoms with Crippen LogP contribution in [0.5, 0.6) is 0 Å². The molecule has 0 aliphatic carbocycles. The molecule has 4 aromatic rings. The van der Waals surface area contributed by atoms with E-state index in [9.17, 15) is 9.59 Å². The minimum absolute atomic E-state index is 0.0736. The summed E-state index contributed by atoms with van der Waals surface area (Å²) in [6, 6.07) is 30.4. The van der Waals surface area contributed by atoms with Gasteiger partial charge in [-0.15, -0.1) is 0 Å². The van der Waals surface area contributed by atoms with Crippen molar-refractivity contribution in [2.45, 2.75) is 25.9 Å². The number of nitrogens with one attached hydrogen (secondary N) is 1. The normalized spacial score (nSPS) is 11.5. The summed E-state index contributed by atoms with van der Waals surface area (Å²) in [6.45, 7) is 2.36. The van der Waals surface area contributed by atoms with Gasteiger partial charge in [0.25, 0.3) is 5.91 Å². The van der Waals surface area contributed by atoms with Gasteiger partial charge in [0.05, 0.1) is 25.3 Å². The number of furan rings is 1. The Morgan fingerprint density at radius 3 is 2.24 bits per heavy atom. The van der Waals surface area contributed by atoms with Crippen molar-refractivity contribution in [1.82, 2.24) is 5.32 Å². The molecule has 1 heterocycles. The summed E-state index contributed by atoms with van der Waals surface area (Å²) < 4.78 is 5.36. The smallest absolute Gasteiger partial charge is 0.294 e. The van der Waals surface area contributed by atoms with Crippen molar-refractivity contribution in [1.29, 1.82) is 0 Å². The number of rotatable bonds is 8. The van der Waals surface area contributed by atoms with Gasteiger partial charge in [0.1, 0.15) is 0 Å². The van der Waals surface area contributed by atoms with Crippen molar-refractivity contribution in [3.05, 3.63) is 126 Å². The first-order chi connectivity index (χ1) is 16.1. The summed E-state index contributed by atoms with van der Waals surface area (Å²) in [6.07, 6.45) is 1.71. The van der Waals surface area contributed by atoms with Crippen LogP contribution in [0, 0.1) is 0 Å². The number of hydrogen-bond acceptors (Lipinski definition) is 3. The third-order valence-corrected chi connectivity index (χ3v) is 5.42. The van der Waals surface area contributed by atoms with Gasteiger partial charge in [-0.05, 0) is 47.9 Å². The molecular formula is C28H26N2O3. The van der Waals surface area contributed by atoms with E-state index in [0.29, 0.717) is 12.2 Å². The molecule has 0 saturated carbocycles. The monoisotopic (exact) mass is 438 g/mol. The fraction of sp³-hybridized carbons (Fsp3) is 0.143. The second kappa shape index (κ2) is 10.5. The van der Waals surface area contributed by atoms with Crippen molar-refractivity contribution in [3.8, 4) is 0 Å². The maximum atomic E-state index is 13.2. The van der Waals surface area contributed by atoms with Gasteiger partial charge in [-0.1, -0.05) is 72.8 Å². The van der Waals surface area contributed by atoms with E-state index in [-0.39, 0.29) is 30.0 Å². The molecule has 0 aliphatic heterocycles. The molecular weight excluding hydrogens is 412 g/mol. The first-order valence-electron chi connectivity index (χ1n) is 10.9. The highest BCUT2D eigenvalue weighted by Gasteiger charge is 2.21. The Morgan fingerprint density at radius 2 is 1.55 bits per heavy atom. The van der Waals surface area contributed by atoms with E-state index in [1.54, 1.807) is 17.0 Å². The summed E-state index contributed by atoms with van der Waals surface area (Å²) in [5.74, 6) is -0.0376. The summed E-state index contributed by atoms with van der Waals surface area (Å²) in [5, 5.41) is 3.04. The van der Waals surface area contributed by atoms with Crippen molar-refractivity contribution in [2.75, 3.05) is 4.90 Å². The van der Waals surface area contributed by atoms with E-state index in [4.69, 9.17) is 4.42 Å². The Balaban J connectivity index is 1.52. The first-order valence-corrected chi connectivity index (χ1v) is 10.9. The SMILES string of the molecule is CC(NC(=O)Cc1cccc(N(Cc2ccccc2)C(=O)c2ccco2)c1)c1ccccc1. The zero-order valence-corrected chi connectivity index (χ0v) is 18.5. The molecule has 166 valence electrons. The van der Waals surface area contributed by atoms with Crippen molar-refractivity contribution in [2.24, 2.45) is 0 Å². The van der Waals surface area contributed by atoms with Gasteiger partial charge in [0.15, 0.2) is 5.76 Å². The lowest BCUT2D eigenvalue weighted by Gasteiger charge is -2.23. The minimum Gasteiger partial charge on any atom is -0.459 e. The van der Waals surface area contributed by atoms with Crippen LogP contribution in [-0.4, -0.2) is 11.8 Å². The van der Waals surface area contributed by atoms with Crippen LogP contribution in [0.25, 0.3) is 0 Å². The predicted molar refractivity (Wildman–Crippen MR) is 129 cm³/mol. The summed E-state index contributed by atoms with van der Waals surface area (Å²) in [7, 11) is 0. The van der Waals surface area contributed by atoms with E-state index >= 15 is 0 Å². The summed E-state index contributed by atoms with van der Waals surface area (Å²) in [4.78, 5) is 27.6. The largest absolute Gasteiger partial charge is 0.459 e. The zero-order chi connectivity index (χ0) is 23.0. The quantitative estimate of drug-likeness (QED) is 0.392. The van der Waals surface area contributed by atoms with E-state index in [2.05, 4.69) is 5.32 Å². The van der Waals surface area contributed by atoms with Crippen LogP contribution < -0.4 is 10.2 Å². The molecule has 5 heteroatoms. The summed E-state index contributed by atoms with van der Waals surface area (Å²) >= 11 is 0. The fourth-order valence-corrected chi connectivity index (χ4v) is 3.72. The molecule has 4 rings (SSSR count). The highest BCUT2D eigenvalue weighted by Crippen LogP contribution is 2.22. The highest BCUT2D eigenvalue weighted by atomic mass is 16.3. The van der Waals surface area contributed by atoms with Gasteiger partial charge >= 0.3 is 0 Å². The first kappa shape index (κ1) is 22.1. The molecule has 1 aromatic heterocycles. The zero-order valence-electron chi connectivity index (χ0n) is 18.5. The van der Waals surface area contributed by atoms with E-state index in [0.717, 1.165) is 16.7 Å². The van der Waals surface area contributed by atoms with Crippen LogP contribution in [0.15, 0.2) is 108 Å². The van der Waals surface area contributed by atoms with E-state index < -0.39 is 0 Å². The molecule has 0 radical (unpaired) electrons. The Labute approximate surface area is 193 Å². The molecule has 0 aliphatic rings. The highest BCUT2D eigenvalue weighted by molar-refractivity contribution is 6.04. The number of nitrogens with zero attached hydrogens (tertiary/aromatic N) is 1. The van der Waals surface area contributed by atoms with Crippen molar-refractivity contribution >= 4 is 17.5 Å². The van der Waals surface area contributed by atoms with Crippen LogP contribution in [-0.2, 0) is 17.8 Å². The van der Waals surface area contributed by atoms with Crippen molar-refractivity contribution in [3.63, 3.8) is 0 Å². The molecule has 0 spiro atoms. The van der Waals surface area contributed by atoms with E-state index in [1.165, 1.54) is 6.26 Å². The van der Waals surface area contributed by atoms with Crippen LogP contribution in [0.1, 0.15) is 40.2 Å². The Kier molecular flexibility index (Phi) is 7.00. The predicted octanol–water partition coefficient (Wildman–Crippen LogP) is 5.55. The van der Waals surface area contributed by atoms with Gasteiger partial charge in [0, 0.05) is 5.69 Å². The lowest BCUT2D eigenvalue weighted by atomic mass is 10.1. The van der Waals surface area contributed by atoms with Crippen molar-refractivity contribution < 1.29 is 14.0 Å². The lowest BCUT2D eigenvalue weighted by molar-refractivity contribution is -0.121. The lowest BCUT2D eigenvalue weighted by Crippen LogP contribution is -2.30. The van der Waals surface area contributed by atoms with Crippen LogP contribution in [0.3, 0.4) is 0 Å². The molecule has 33 heavy (non-hydrogen) atoms. The number of amides is 2. The fourth-order valence-electron chi connectivity index (χ4n) is 3.72. The molecule has 0 fully saturated rings. The Morgan fingerprint density at radius 1 is 0.848 bits per heavy atom. The second-order valence-corrected chi connectivity index (χ2v) is 7.90. The van der Waals surface area contributed by atoms with Crippen LogP contribution in [0.2, 0.25) is 0 Å². The molecule has 0 saturated heterocycles. The third-order valence-electron chi connectivity index (χ3n) is 5.42. The molecule has 0 bridgehead atoms. The molecule has 1 unspecified atom stereocenters. The standard InChI is InChI=1S/C28H26N2O3/c1-21(24-13-6-3-7-14-24)29-27(31)19-23-12-8-15-25(18-23)30(20-22-10-4-2-5-11-22)28(32)26-16-9-17-33-26/h2-18,21H,19-20H2,1H3,(H,29,31). The van der Waals surface area contributed by atoms with Gasteiger partial charge in [0.2, 0.25) is 5.91 Å². The molecule has 1 atom stereocenters. The van der Waals surface area contributed by atoms with Crippen LogP contribution >= 0.6 is 0 Å². The Bertz CT molecular complexity index is 1190. The number of carbonyl (C=O) groups excluding carboxylic acids is 2. The molecule has 1 N–H and O–H groups in total. The van der Waals surface area contributed by atoms with Gasteiger partial charge in [-0.3, -0.25) is 9.59 Å². The second-order valence-electron chi connectivity index (χ2n) is 7.90. The molecule has 5 nitrogen and oxygen atoms in total. The third kappa shape index (κ3) is 5.77. The average Bonchev–Trinajstić information content (AvgIpc) is 3.38. The van der Waals surface area contributed by atoms with Gasteiger partial charge < -0.3 is 14.6 Å².